The molecule has 0 aliphatic heterocycles. The maximum Gasteiger partial charge on any atom is 0.311 e. The Kier molecular flexibility index (Phi) is 5.21. The number of methoxy groups -OCH3 is 1. The lowest BCUT2D eigenvalue weighted by Crippen LogP contribution is -2.21. The second-order valence-corrected chi connectivity index (χ2v) is 4.02. The van der Waals surface area contributed by atoms with E-state index < -0.39 is 0 Å². The van der Waals surface area contributed by atoms with Gasteiger partial charge in [0.1, 0.15) is 0 Å². The average molecular weight is 244 g/mol. The molecule has 1 aromatic rings. The molecule has 6 heteroatoms. The Morgan fingerprint density at radius 2 is 2.38 bits per heavy atom. The van der Waals surface area contributed by atoms with Gasteiger partial charge in [-0.2, -0.15) is 0 Å². The molecule has 0 spiro atoms. The highest BCUT2D eigenvalue weighted by Gasteiger charge is 2.10. The van der Waals surface area contributed by atoms with Gasteiger partial charge in [-0.05, 0) is 6.92 Å². The third-order valence-electron chi connectivity index (χ3n) is 2.05. The van der Waals surface area contributed by atoms with E-state index in [1.54, 1.807) is 18.6 Å². The summed E-state index contributed by atoms with van der Waals surface area (Å²) in [6, 6.07) is 0. The average Bonchev–Trinajstić information content (AvgIpc) is 2.57. The minimum atomic E-state index is -0.258. The molecule has 0 atom stereocenters. The molecule has 1 heterocycles. The van der Waals surface area contributed by atoms with Crippen LogP contribution >= 0.6 is 11.3 Å². The van der Waals surface area contributed by atoms with Crippen molar-refractivity contribution in [3.8, 4) is 0 Å². The number of carbonyl (C=O) groups is 1. The highest BCUT2D eigenvalue weighted by Crippen LogP contribution is 2.04. The van der Waals surface area contributed by atoms with Gasteiger partial charge in [-0.25, -0.2) is 0 Å². The molecule has 90 valence electrons. The zero-order valence-corrected chi connectivity index (χ0v) is 10.3. The predicted molar refractivity (Wildman–Crippen MR) is 60.4 cm³/mol. The molecule has 0 aliphatic carbocycles. The summed E-state index contributed by atoms with van der Waals surface area (Å²) >= 11 is 1.31. The van der Waals surface area contributed by atoms with Crippen LogP contribution in [0.4, 0.5) is 0 Å². The molecule has 0 aromatic carbocycles. The van der Waals surface area contributed by atoms with Gasteiger partial charge in [0.2, 0.25) is 0 Å². The molecule has 0 saturated carbocycles. The smallest absolute Gasteiger partial charge is 0.311 e. The van der Waals surface area contributed by atoms with Gasteiger partial charge in [0.05, 0.1) is 19.6 Å². The summed E-state index contributed by atoms with van der Waals surface area (Å²) in [4.78, 5) is 11.8. The SMILES string of the molecule is CCOC(=O)Cc1csc(=N)n1CCOC. The van der Waals surface area contributed by atoms with E-state index >= 15 is 0 Å². The van der Waals surface area contributed by atoms with E-state index in [1.807, 2.05) is 5.38 Å². The first-order valence-corrected chi connectivity index (χ1v) is 5.93. The molecule has 1 rings (SSSR count). The fourth-order valence-corrected chi connectivity index (χ4v) is 2.10. The first kappa shape index (κ1) is 12.9. The van der Waals surface area contributed by atoms with Crippen molar-refractivity contribution in [2.45, 2.75) is 19.9 Å². The van der Waals surface area contributed by atoms with Crippen LogP contribution in [0.1, 0.15) is 12.6 Å². The third-order valence-corrected chi connectivity index (χ3v) is 2.88. The zero-order chi connectivity index (χ0) is 12.0. The molecule has 0 saturated heterocycles. The van der Waals surface area contributed by atoms with Crippen LogP contribution in [0.3, 0.4) is 0 Å². The van der Waals surface area contributed by atoms with Crippen LogP contribution in [0.25, 0.3) is 0 Å². The number of nitrogens with one attached hydrogen (secondary N) is 1. The van der Waals surface area contributed by atoms with E-state index in [-0.39, 0.29) is 12.4 Å². The van der Waals surface area contributed by atoms with Gasteiger partial charge in [0.15, 0.2) is 4.80 Å². The van der Waals surface area contributed by atoms with Crippen LogP contribution in [-0.2, 0) is 27.2 Å². The lowest BCUT2D eigenvalue weighted by Gasteiger charge is -2.07. The van der Waals surface area contributed by atoms with Gasteiger partial charge in [0, 0.05) is 24.7 Å². The van der Waals surface area contributed by atoms with Crippen molar-refractivity contribution in [1.29, 1.82) is 5.41 Å². The fraction of sp³-hybridized carbons (Fsp3) is 0.600. The first-order valence-electron chi connectivity index (χ1n) is 5.05. The number of rotatable bonds is 6. The van der Waals surface area contributed by atoms with Crippen LogP contribution in [-0.4, -0.2) is 30.9 Å². The number of carbonyl (C=O) groups excluding carboxylic acids is 1. The summed E-state index contributed by atoms with van der Waals surface area (Å²) < 4.78 is 11.6. The first-order chi connectivity index (χ1) is 7.69. The van der Waals surface area contributed by atoms with E-state index in [0.717, 1.165) is 5.69 Å². The monoisotopic (exact) mass is 244 g/mol. The van der Waals surface area contributed by atoms with Gasteiger partial charge >= 0.3 is 5.97 Å². The second-order valence-electron chi connectivity index (χ2n) is 3.16. The van der Waals surface area contributed by atoms with Gasteiger partial charge in [-0.15, -0.1) is 11.3 Å². The van der Waals surface area contributed by atoms with Gasteiger partial charge in [0.25, 0.3) is 0 Å². The van der Waals surface area contributed by atoms with Crippen molar-refractivity contribution in [1.82, 2.24) is 4.57 Å². The number of hydrogen-bond donors (Lipinski definition) is 1. The van der Waals surface area contributed by atoms with Gasteiger partial charge in [-0.1, -0.05) is 0 Å². The number of nitrogens with zero attached hydrogens (tertiary/aromatic N) is 1. The quantitative estimate of drug-likeness (QED) is 0.752. The molecule has 1 N–H and O–H groups in total. The molecule has 0 fully saturated rings. The Labute approximate surface area is 98.1 Å². The van der Waals surface area contributed by atoms with Crippen molar-refractivity contribution < 1.29 is 14.3 Å². The normalized spacial score (nSPS) is 10.4. The lowest BCUT2D eigenvalue weighted by molar-refractivity contribution is -0.142. The number of esters is 1. The van der Waals surface area contributed by atoms with E-state index in [2.05, 4.69) is 0 Å². The number of thiazole rings is 1. The standard InChI is InChI=1S/C10H16N2O3S/c1-3-15-9(13)6-8-7-16-10(11)12(8)4-5-14-2/h7,11H,3-6H2,1-2H3. The number of hydrogen-bond acceptors (Lipinski definition) is 5. The summed E-state index contributed by atoms with van der Waals surface area (Å²) in [5.41, 5.74) is 0.811. The molecule has 16 heavy (non-hydrogen) atoms. The summed E-state index contributed by atoms with van der Waals surface area (Å²) in [6.07, 6.45) is 0.215. The summed E-state index contributed by atoms with van der Waals surface area (Å²) in [6.45, 7) is 3.28. The third kappa shape index (κ3) is 3.46. The van der Waals surface area contributed by atoms with Crippen molar-refractivity contribution in [2.24, 2.45) is 0 Å². The van der Waals surface area contributed by atoms with Gasteiger partial charge < -0.3 is 14.0 Å². The van der Waals surface area contributed by atoms with Crippen LogP contribution in [0.2, 0.25) is 0 Å². The van der Waals surface area contributed by atoms with E-state index in [4.69, 9.17) is 14.9 Å². The fourth-order valence-electron chi connectivity index (χ4n) is 1.31. The Morgan fingerprint density at radius 1 is 1.62 bits per heavy atom. The van der Waals surface area contributed by atoms with E-state index in [0.29, 0.717) is 24.6 Å². The van der Waals surface area contributed by atoms with E-state index in [9.17, 15) is 4.79 Å². The Balaban J connectivity index is 2.72. The van der Waals surface area contributed by atoms with E-state index in [1.165, 1.54) is 11.3 Å². The number of ether oxygens (including phenoxy) is 2. The lowest BCUT2D eigenvalue weighted by atomic mass is 10.3. The van der Waals surface area contributed by atoms with Crippen molar-refractivity contribution in [3.05, 3.63) is 15.9 Å². The molecule has 0 radical (unpaired) electrons. The van der Waals surface area contributed by atoms with Crippen LogP contribution in [0.5, 0.6) is 0 Å². The molecule has 0 unspecified atom stereocenters. The maximum absolute atomic E-state index is 11.3. The molecule has 1 aromatic heterocycles. The topological polar surface area (TPSA) is 64.3 Å². The summed E-state index contributed by atoms with van der Waals surface area (Å²) in [5, 5.41) is 9.50. The van der Waals surface area contributed by atoms with Crippen molar-refractivity contribution in [3.63, 3.8) is 0 Å². The molecular weight excluding hydrogens is 228 g/mol. The Morgan fingerprint density at radius 3 is 3.00 bits per heavy atom. The summed E-state index contributed by atoms with van der Waals surface area (Å²) in [7, 11) is 1.61. The Hall–Kier alpha value is -1.14. The predicted octanol–water partition coefficient (Wildman–Crippen LogP) is 0.781. The highest BCUT2D eigenvalue weighted by molar-refractivity contribution is 7.07. The summed E-state index contributed by atoms with van der Waals surface area (Å²) in [5.74, 6) is -0.258. The molecule has 0 amide bonds. The molecule has 0 bridgehead atoms. The number of aromatic nitrogens is 1. The zero-order valence-electron chi connectivity index (χ0n) is 9.49. The van der Waals surface area contributed by atoms with Crippen LogP contribution < -0.4 is 4.80 Å². The molecule has 0 aliphatic rings. The van der Waals surface area contributed by atoms with Crippen molar-refractivity contribution >= 4 is 17.3 Å². The van der Waals surface area contributed by atoms with Crippen LogP contribution in [0.15, 0.2) is 5.38 Å². The van der Waals surface area contributed by atoms with Crippen molar-refractivity contribution in [2.75, 3.05) is 20.3 Å². The van der Waals surface area contributed by atoms with Gasteiger partial charge in [-0.3, -0.25) is 10.2 Å². The molecule has 5 nitrogen and oxygen atoms in total. The second kappa shape index (κ2) is 6.44. The largest absolute Gasteiger partial charge is 0.466 e. The minimum Gasteiger partial charge on any atom is -0.466 e. The molecular formula is C10H16N2O3S. The highest BCUT2D eigenvalue weighted by atomic mass is 32.1. The maximum atomic E-state index is 11.3. The van der Waals surface area contributed by atoms with Crippen LogP contribution in [0, 0.1) is 5.41 Å². The minimum absolute atomic E-state index is 0.215. The Bertz CT molecular complexity index is 397.